The van der Waals surface area contributed by atoms with Crippen LogP contribution < -0.4 is 10.6 Å². The fourth-order valence-electron chi connectivity index (χ4n) is 4.59. The summed E-state index contributed by atoms with van der Waals surface area (Å²) in [5, 5.41) is 5.37. The zero-order chi connectivity index (χ0) is 31.1. The number of amides is 4. The number of esters is 2. The Morgan fingerprint density at radius 2 is 1.23 bits per heavy atom. The van der Waals surface area contributed by atoms with Crippen LogP contribution in [0.3, 0.4) is 0 Å². The summed E-state index contributed by atoms with van der Waals surface area (Å²) in [6, 6.07) is 16.9. The number of carbonyl (C=O) groups excluding carboxylic acids is 6. The molecule has 1 aliphatic rings. The van der Waals surface area contributed by atoms with E-state index in [2.05, 4.69) is 10.6 Å². The number of nitrogens with one attached hydrogen (secondary N) is 2. The van der Waals surface area contributed by atoms with Gasteiger partial charge in [0.25, 0.3) is 23.6 Å². The number of nitrogens with zero attached hydrogens (tertiary/aromatic N) is 1. The molecule has 0 radical (unpaired) electrons. The van der Waals surface area contributed by atoms with Gasteiger partial charge in [0.15, 0.2) is 13.2 Å². The predicted octanol–water partition coefficient (Wildman–Crippen LogP) is 3.77. The molecule has 11 heteroatoms. The lowest BCUT2D eigenvalue weighted by molar-refractivity contribution is -0.150. The first-order chi connectivity index (χ1) is 20.6. The number of fused-ring (bicyclic) bond motifs is 1. The molecular formula is C32H31N3O8. The molecule has 0 saturated heterocycles. The number of benzene rings is 3. The molecule has 0 spiro atoms. The standard InChI is InChI=1S/C32H31N3O8/c1-4-20-10-6-8-12-25(20)33-27(36)17-42-31(40)19(3)35-29(38)23-15-14-22(16-24(23)30(35)39)32(41)43-18-28(37)34-26-13-9-7-11-21(26)5-2/h6-16,19H,4-5,17-18H2,1-3H3,(H,33,36)(H,34,37)/t19-/m1/s1. The van der Waals surface area contributed by atoms with Gasteiger partial charge in [-0.1, -0.05) is 50.2 Å². The van der Waals surface area contributed by atoms with E-state index in [1.54, 1.807) is 24.3 Å². The minimum absolute atomic E-state index is 0.0102. The molecule has 43 heavy (non-hydrogen) atoms. The SMILES string of the molecule is CCc1ccccc1NC(=O)COC(=O)c1ccc2c(c1)C(=O)N([C@H](C)C(=O)OCC(=O)Nc1ccccc1CC)C2=O. The van der Waals surface area contributed by atoms with E-state index < -0.39 is 54.8 Å². The van der Waals surface area contributed by atoms with E-state index in [0.29, 0.717) is 29.1 Å². The molecule has 3 aromatic carbocycles. The molecule has 0 fully saturated rings. The minimum atomic E-state index is -1.34. The van der Waals surface area contributed by atoms with Crippen molar-refractivity contribution in [3.05, 3.63) is 94.5 Å². The lowest BCUT2D eigenvalue weighted by Gasteiger charge is -2.20. The van der Waals surface area contributed by atoms with Crippen LogP contribution in [-0.2, 0) is 36.7 Å². The molecule has 0 unspecified atom stereocenters. The van der Waals surface area contributed by atoms with E-state index in [0.717, 1.165) is 11.1 Å². The highest BCUT2D eigenvalue weighted by atomic mass is 16.5. The van der Waals surface area contributed by atoms with Gasteiger partial charge in [-0.05, 0) is 61.2 Å². The number of hydrogen-bond donors (Lipinski definition) is 2. The highest BCUT2D eigenvalue weighted by Gasteiger charge is 2.42. The van der Waals surface area contributed by atoms with Gasteiger partial charge in [0, 0.05) is 11.4 Å². The number of imide groups is 1. The fraction of sp³-hybridized carbons (Fsp3) is 0.250. The summed E-state index contributed by atoms with van der Waals surface area (Å²) in [4.78, 5) is 76.8. The Balaban J connectivity index is 1.34. The molecule has 0 bridgehead atoms. The van der Waals surface area contributed by atoms with E-state index in [4.69, 9.17) is 9.47 Å². The maximum Gasteiger partial charge on any atom is 0.338 e. The van der Waals surface area contributed by atoms with Crippen LogP contribution in [0, 0.1) is 0 Å². The van der Waals surface area contributed by atoms with Crippen molar-refractivity contribution in [3.8, 4) is 0 Å². The Morgan fingerprint density at radius 3 is 1.79 bits per heavy atom. The zero-order valence-corrected chi connectivity index (χ0v) is 24.0. The van der Waals surface area contributed by atoms with Crippen molar-refractivity contribution < 1.29 is 38.2 Å². The van der Waals surface area contributed by atoms with E-state index in [9.17, 15) is 28.8 Å². The summed E-state index contributed by atoms with van der Waals surface area (Å²) in [6.07, 6.45) is 1.39. The first kappa shape index (κ1) is 30.6. The molecule has 0 aliphatic carbocycles. The van der Waals surface area contributed by atoms with Crippen LogP contribution in [0.4, 0.5) is 11.4 Å². The van der Waals surface area contributed by atoms with Crippen LogP contribution in [0.15, 0.2) is 66.7 Å². The van der Waals surface area contributed by atoms with Gasteiger partial charge in [-0.2, -0.15) is 0 Å². The molecule has 0 saturated carbocycles. The maximum atomic E-state index is 13.1. The number of carbonyl (C=O) groups is 6. The second-order valence-corrected chi connectivity index (χ2v) is 9.72. The largest absolute Gasteiger partial charge is 0.454 e. The van der Waals surface area contributed by atoms with Gasteiger partial charge in [-0.3, -0.25) is 24.1 Å². The Bertz CT molecular complexity index is 1600. The molecule has 222 valence electrons. The maximum absolute atomic E-state index is 13.1. The normalized spacial score (nSPS) is 12.8. The Kier molecular flexibility index (Phi) is 9.66. The molecular weight excluding hydrogens is 554 g/mol. The van der Waals surface area contributed by atoms with Gasteiger partial charge in [-0.25, -0.2) is 9.59 Å². The van der Waals surface area contributed by atoms with Crippen molar-refractivity contribution in [2.75, 3.05) is 23.8 Å². The fourth-order valence-corrected chi connectivity index (χ4v) is 4.59. The highest BCUT2D eigenvalue weighted by Crippen LogP contribution is 2.27. The van der Waals surface area contributed by atoms with Crippen molar-refractivity contribution in [1.29, 1.82) is 0 Å². The van der Waals surface area contributed by atoms with Crippen molar-refractivity contribution in [1.82, 2.24) is 4.90 Å². The highest BCUT2D eigenvalue weighted by molar-refractivity contribution is 6.23. The molecule has 3 aromatic rings. The summed E-state index contributed by atoms with van der Waals surface area (Å²) in [7, 11) is 0. The van der Waals surface area contributed by atoms with Gasteiger partial charge >= 0.3 is 11.9 Å². The Labute approximate surface area is 248 Å². The van der Waals surface area contributed by atoms with Gasteiger partial charge in [0.1, 0.15) is 6.04 Å². The Hall–Kier alpha value is -5.32. The third-order valence-corrected chi connectivity index (χ3v) is 6.91. The van der Waals surface area contributed by atoms with E-state index in [1.165, 1.54) is 25.1 Å². The lowest BCUT2D eigenvalue weighted by atomic mass is 10.1. The first-order valence-electron chi connectivity index (χ1n) is 13.8. The minimum Gasteiger partial charge on any atom is -0.454 e. The molecule has 0 aromatic heterocycles. The smallest absolute Gasteiger partial charge is 0.338 e. The molecule has 1 aliphatic heterocycles. The van der Waals surface area contributed by atoms with Crippen LogP contribution in [0.1, 0.15) is 63.0 Å². The molecule has 1 heterocycles. The van der Waals surface area contributed by atoms with Crippen LogP contribution in [0.5, 0.6) is 0 Å². The zero-order valence-electron chi connectivity index (χ0n) is 24.0. The van der Waals surface area contributed by atoms with E-state index in [1.807, 2.05) is 38.1 Å². The number of aryl methyl sites for hydroxylation is 2. The van der Waals surface area contributed by atoms with Gasteiger partial charge in [0.2, 0.25) is 0 Å². The van der Waals surface area contributed by atoms with Gasteiger partial charge in [0.05, 0.1) is 16.7 Å². The van der Waals surface area contributed by atoms with E-state index >= 15 is 0 Å². The van der Waals surface area contributed by atoms with Crippen LogP contribution in [-0.4, -0.2) is 59.7 Å². The van der Waals surface area contributed by atoms with Crippen molar-refractivity contribution in [2.24, 2.45) is 0 Å². The number of rotatable bonds is 11. The molecule has 4 amide bonds. The summed E-state index contributed by atoms with van der Waals surface area (Å²) in [5.74, 6) is -4.50. The van der Waals surface area contributed by atoms with Crippen molar-refractivity contribution in [3.63, 3.8) is 0 Å². The molecule has 1 atom stereocenters. The Morgan fingerprint density at radius 1 is 0.721 bits per heavy atom. The van der Waals surface area contributed by atoms with Crippen LogP contribution >= 0.6 is 0 Å². The number of anilines is 2. The molecule has 2 N–H and O–H groups in total. The average Bonchev–Trinajstić information content (AvgIpc) is 3.27. The monoisotopic (exact) mass is 585 g/mol. The predicted molar refractivity (Wildman–Crippen MR) is 157 cm³/mol. The van der Waals surface area contributed by atoms with Crippen LogP contribution in [0.25, 0.3) is 0 Å². The topological polar surface area (TPSA) is 148 Å². The molecule has 4 rings (SSSR count). The number of hydrogen-bond acceptors (Lipinski definition) is 8. The second kappa shape index (κ2) is 13.6. The van der Waals surface area contributed by atoms with Crippen molar-refractivity contribution >= 4 is 46.9 Å². The number of ether oxygens (including phenoxy) is 2. The summed E-state index contributed by atoms with van der Waals surface area (Å²) in [6.45, 7) is 4.02. The van der Waals surface area contributed by atoms with Crippen LogP contribution in [0.2, 0.25) is 0 Å². The lowest BCUT2D eigenvalue weighted by Crippen LogP contribution is -2.44. The molecule has 11 nitrogen and oxygen atoms in total. The summed E-state index contributed by atoms with van der Waals surface area (Å²) in [5.41, 5.74) is 2.87. The average molecular weight is 586 g/mol. The van der Waals surface area contributed by atoms with E-state index in [-0.39, 0.29) is 16.7 Å². The first-order valence-corrected chi connectivity index (χ1v) is 13.8. The third kappa shape index (κ3) is 6.95. The second-order valence-electron chi connectivity index (χ2n) is 9.72. The summed E-state index contributed by atoms with van der Waals surface area (Å²) < 4.78 is 10.2. The quantitative estimate of drug-likeness (QED) is 0.255. The van der Waals surface area contributed by atoms with Crippen molar-refractivity contribution in [2.45, 2.75) is 39.7 Å². The van der Waals surface area contributed by atoms with Gasteiger partial charge < -0.3 is 20.1 Å². The number of para-hydroxylation sites is 2. The summed E-state index contributed by atoms with van der Waals surface area (Å²) >= 11 is 0. The van der Waals surface area contributed by atoms with Gasteiger partial charge in [-0.15, -0.1) is 0 Å². The third-order valence-electron chi connectivity index (χ3n) is 6.91.